The van der Waals surface area contributed by atoms with E-state index in [4.69, 9.17) is 5.73 Å². The van der Waals surface area contributed by atoms with Crippen molar-refractivity contribution in [2.75, 3.05) is 11.5 Å². The second-order valence-electron chi connectivity index (χ2n) is 5.11. The van der Waals surface area contributed by atoms with Crippen LogP contribution < -0.4 is 5.73 Å². The van der Waals surface area contributed by atoms with Gasteiger partial charge in [0.2, 0.25) is 0 Å². The highest BCUT2D eigenvalue weighted by Gasteiger charge is 2.30. The highest BCUT2D eigenvalue weighted by molar-refractivity contribution is 8.07. The first-order valence-electron chi connectivity index (χ1n) is 7.17. The molecule has 1 aromatic heterocycles. The van der Waals surface area contributed by atoms with E-state index >= 15 is 0 Å². The molecule has 2 rings (SSSR count). The van der Waals surface area contributed by atoms with Crippen LogP contribution in [0.3, 0.4) is 0 Å². The van der Waals surface area contributed by atoms with E-state index in [1.54, 1.807) is 0 Å². The Bertz CT molecular complexity index is 405. The molecule has 0 aromatic carbocycles. The lowest BCUT2D eigenvalue weighted by Crippen LogP contribution is -2.43. The Labute approximate surface area is 125 Å². The van der Waals surface area contributed by atoms with Crippen molar-refractivity contribution in [1.82, 2.24) is 9.78 Å². The predicted molar refractivity (Wildman–Crippen MR) is 87.1 cm³/mol. The van der Waals surface area contributed by atoms with Crippen LogP contribution in [0.2, 0.25) is 0 Å². The smallest absolute Gasteiger partial charge is 0.0596 e. The van der Waals surface area contributed by atoms with Crippen molar-refractivity contribution in [3.63, 3.8) is 0 Å². The third kappa shape index (κ3) is 3.70. The molecule has 3 unspecified atom stereocenters. The number of hydrogen-bond donors (Lipinski definition) is 1. The van der Waals surface area contributed by atoms with Gasteiger partial charge >= 0.3 is 0 Å². The molecule has 0 radical (unpaired) electrons. The third-order valence-corrected chi connectivity index (χ3v) is 7.07. The summed E-state index contributed by atoms with van der Waals surface area (Å²) in [4.78, 5) is 0. The maximum Gasteiger partial charge on any atom is 0.0596 e. The van der Waals surface area contributed by atoms with Gasteiger partial charge in [0.1, 0.15) is 0 Å². The van der Waals surface area contributed by atoms with Gasteiger partial charge in [0.25, 0.3) is 0 Å². The molecule has 2 heterocycles. The first-order chi connectivity index (χ1) is 9.15. The summed E-state index contributed by atoms with van der Waals surface area (Å²) < 4.78 is 2.09. The predicted octanol–water partition coefficient (Wildman–Crippen LogP) is 2.71. The van der Waals surface area contributed by atoms with Crippen LogP contribution in [0.15, 0.2) is 6.07 Å². The fourth-order valence-corrected chi connectivity index (χ4v) is 5.92. The Balaban J connectivity index is 2.04. The number of aromatic nitrogens is 2. The second kappa shape index (κ2) is 7.04. The quantitative estimate of drug-likeness (QED) is 0.908. The maximum absolute atomic E-state index is 6.50. The molecule has 1 aliphatic heterocycles. The van der Waals surface area contributed by atoms with Crippen molar-refractivity contribution in [2.24, 2.45) is 5.73 Å². The van der Waals surface area contributed by atoms with Crippen molar-refractivity contribution >= 4 is 23.5 Å². The lowest BCUT2D eigenvalue weighted by molar-refractivity contribution is 0.550. The number of hydrogen-bond acceptors (Lipinski definition) is 4. The standard InChI is InChI=1S/C14H25N3S2/c1-4-13-14(19-7-6-18-13)12(15)9-11-8-10(3)16-17(11)5-2/h8,12-14H,4-7,9,15H2,1-3H3. The number of aryl methyl sites for hydroxylation is 2. The van der Waals surface area contributed by atoms with Gasteiger partial charge in [0.15, 0.2) is 0 Å². The summed E-state index contributed by atoms with van der Waals surface area (Å²) in [5.41, 5.74) is 8.89. The molecule has 3 nitrogen and oxygen atoms in total. The lowest BCUT2D eigenvalue weighted by Gasteiger charge is -2.34. The van der Waals surface area contributed by atoms with Crippen molar-refractivity contribution in [1.29, 1.82) is 0 Å². The molecule has 19 heavy (non-hydrogen) atoms. The number of nitrogens with two attached hydrogens (primary N) is 1. The summed E-state index contributed by atoms with van der Waals surface area (Å²) in [5, 5.41) is 5.82. The number of nitrogens with zero attached hydrogens (tertiary/aromatic N) is 2. The van der Waals surface area contributed by atoms with Crippen LogP contribution in [0.1, 0.15) is 31.7 Å². The maximum atomic E-state index is 6.50. The molecule has 0 aliphatic carbocycles. The Morgan fingerprint density at radius 1 is 1.42 bits per heavy atom. The first kappa shape index (κ1) is 15.3. The topological polar surface area (TPSA) is 43.8 Å². The molecule has 1 aliphatic rings. The highest BCUT2D eigenvalue weighted by atomic mass is 32.2. The van der Waals surface area contributed by atoms with Crippen molar-refractivity contribution in [3.8, 4) is 0 Å². The summed E-state index contributed by atoms with van der Waals surface area (Å²) >= 11 is 4.17. The summed E-state index contributed by atoms with van der Waals surface area (Å²) in [6, 6.07) is 2.43. The Morgan fingerprint density at radius 2 is 2.16 bits per heavy atom. The molecule has 0 saturated carbocycles. The molecule has 108 valence electrons. The van der Waals surface area contributed by atoms with Crippen LogP contribution >= 0.6 is 23.5 Å². The van der Waals surface area contributed by atoms with Crippen LogP contribution in [0.5, 0.6) is 0 Å². The van der Waals surface area contributed by atoms with Gasteiger partial charge in [0, 0.05) is 46.7 Å². The van der Waals surface area contributed by atoms with Crippen LogP contribution in [0.25, 0.3) is 0 Å². The van der Waals surface area contributed by atoms with Gasteiger partial charge in [0.05, 0.1) is 5.69 Å². The molecular formula is C14H25N3S2. The van der Waals surface area contributed by atoms with Gasteiger partial charge in [-0.05, 0) is 26.3 Å². The van der Waals surface area contributed by atoms with Crippen LogP contribution in [-0.4, -0.2) is 37.8 Å². The zero-order chi connectivity index (χ0) is 13.8. The second-order valence-corrected chi connectivity index (χ2v) is 7.75. The lowest BCUT2D eigenvalue weighted by atomic mass is 10.0. The van der Waals surface area contributed by atoms with Crippen LogP contribution in [-0.2, 0) is 13.0 Å². The van der Waals surface area contributed by atoms with Gasteiger partial charge in [-0.3, -0.25) is 4.68 Å². The van der Waals surface area contributed by atoms with Crippen molar-refractivity contribution in [3.05, 3.63) is 17.5 Å². The van der Waals surface area contributed by atoms with Crippen molar-refractivity contribution in [2.45, 2.75) is 56.7 Å². The van der Waals surface area contributed by atoms with E-state index in [-0.39, 0.29) is 6.04 Å². The van der Waals surface area contributed by atoms with E-state index in [1.165, 1.54) is 23.6 Å². The molecular weight excluding hydrogens is 274 g/mol. The number of rotatable bonds is 5. The molecule has 5 heteroatoms. The molecule has 3 atom stereocenters. The van der Waals surface area contributed by atoms with E-state index in [0.717, 1.165) is 18.7 Å². The first-order valence-corrected chi connectivity index (χ1v) is 9.27. The fraction of sp³-hybridized carbons (Fsp3) is 0.786. The van der Waals surface area contributed by atoms with E-state index in [2.05, 4.69) is 60.1 Å². The molecule has 0 amide bonds. The fourth-order valence-electron chi connectivity index (χ4n) is 2.73. The minimum absolute atomic E-state index is 0.240. The highest BCUT2D eigenvalue weighted by Crippen LogP contribution is 2.35. The Hall–Kier alpha value is -0.130. The van der Waals surface area contributed by atoms with E-state index in [1.807, 2.05) is 0 Å². The normalized spacial score (nSPS) is 25.5. The molecule has 1 fully saturated rings. The summed E-state index contributed by atoms with van der Waals surface area (Å²) in [6.45, 7) is 7.41. The van der Waals surface area contributed by atoms with Crippen molar-refractivity contribution < 1.29 is 0 Å². The van der Waals surface area contributed by atoms with Crippen LogP contribution in [0, 0.1) is 6.92 Å². The molecule has 0 bridgehead atoms. The Kier molecular flexibility index (Phi) is 5.66. The SMILES string of the molecule is CCC1SCCSC1C(N)Cc1cc(C)nn1CC. The molecule has 0 spiro atoms. The average molecular weight is 300 g/mol. The monoisotopic (exact) mass is 299 g/mol. The zero-order valence-corrected chi connectivity index (χ0v) is 13.8. The van der Waals surface area contributed by atoms with Gasteiger partial charge in [-0.2, -0.15) is 28.6 Å². The summed E-state index contributed by atoms with van der Waals surface area (Å²) in [5.74, 6) is 2.52. The molecule has 1 saturated heterocycles. The minimum atomic E-state index is 0.240. The molecule has 2 N–H and O–H groups in total. The largest absolute Gasteiger partial charge is 0.326 e. The minimum Gasteiger partial charge on any atom is -0.326 e. The van der Waals surface area contributed by atoms with Gasteiger partial charge in [-0.25, -0.2) is 0 Å². The van der Waals surface area contributed by atoms with Gasteiger partial charge < -0.3 is 5.73 Å². The molecule has 1 aromatic rings. The third-order valence-electron chi connectivity index (χ3n) is 3.65. The van der Waals surface area contributed by atoms with E-state index in [9.17, 15) is 0 Å². The van der Waals surface area contributed by atoms with E-state index in [0.29, 0.717) is 10.5 Å². The zero-order valence-electron chi connectivity index (χ0n) is 12.1. The average Bonchev–Trinajstić information content (AvgIpc) is 2.78. The van der Waals surface area contributed by atoms with Gasteiger partial charge in [-0.15, -0.1) is 0 Å². The van der Waals surface area contributed by atoms with Crippen LogP contribution in [0.4, 0.5) is 0 Å². The summed E-state index contributed by atoms with van der Waals surface area (Å²) in [7, 11) is 0. The Morgan fingerprint density at radius 3 is 2.84 bits per heavy atom. The number of thioether (sulfide) groups is 2. The van der Waals surface area contributed by atoms with Gasteiger partial charge in [-0.1, -0.05) is 6.92 Å². The van der Waals surface area contributed by atoms with E-state index < -0.39 is 0 Å². The summed E-state index contributed by atoms with van der Waals surface area (Å²) in [6.07, 6.45) is 2.17.